The lowest BCUT2D eigenvalue weighted by Crippen LogP contribution is -2.28. The largest absolute Gasteiger partial charge is 0.285 e. The predicted molar refractivity (Wildman–Crippen MR) is 165 cm³/mol. The van der Waals surface area contributed by atoms with Crippen LogP contribution in [0.2, 0.25) is 0 Å². The monoisotopic (exact) mass is 534 g/mol. The molecule has 1 aliphatic carbocycles. The van der Waals surface area contributed by atoms with Crippen molar-refractivity contribution < 1.29 is 9.59 Å². The maximum absolute atomic E-state index is 13.4. The van der Waals surface area contributed by atoms with E-state index in [1.807, 2.05) is 48.2 Å². The minimum atomic E-state index is -0.107. The van der Waals surface area contributed by atoms with Crippen LogP contribution in [0, 0.1) is 41.4 Å². The first-order chi connectivity index (χ1) is 19.2. The molecule has 0 bridgehead atoms. The number of benzene rings is 2. The molecule has 7 unspecified atom stereocenters. The summed E-state index contributed by atoms with van der Waals surface area (Å²) in [6.07, 6.45) is 7.81. The molecule has 4 nitrogen and oxygen atoms in total. The lowest BCUT2D eigenvalue weighted by atomic mass is 9.80. The molecule has 0 spiro atoms. The molecule has 0 radical (unpaired) electrons. The van der Waals surface area contributed by atoms with Gasteiger partial charge < -0.3 is 0 Å². The Morgan fingerprint density at radius 2 is 1.40 bits per heavy atom. The highest BCUT2D eigenvalue weighted by Gasteiger charge is 2.53. The van der Waals surface area contributed by atoms with Gasteiger partial charge >= 0.3 is 0 Å². The van der Waals surface area contributed by atoms with Gasteiger partial charge in [-0.3, -0.25) is 19.4 Å². The van der Waals surface area contributed by atoms with Crippen molar-refractivity contribution in [2.45, 2.75) is 46.5 Å². The van der Waals surface area contributed by atoms with Crippen LogP contribution >= 0.6 is 0 Å². The molecule has 2 aliphatic heterocycles. The number of hydrogen-bond donors (Lipinski definition) is 0. The van der Waals surface area contributed by atoms with E-state index in [1.165, 1.54) is 0 Å². The van der Waals surface area contributed by atoms with Crippen molar-refractivity contribution in [1.29, 1.82) is 0 Å². The Hall–Kier alpha value is -3.66. The van der Waals surface area contributed by atoms with Crippen LogP contribution in [0.5, 0.6) is 0 Å². The zero-order chi connectivity index (χ0) is 28.7. The van der Waals surface area contributed by atoms with Gasteiger partial charge in [-0.05, 0) is 72.4 Å². The highest BCUT2D eigenvalue weighted by atomic mass is 16.2. The molecule has 0 aromatic heterocycles. The first-order valence-corrected chi connectivity index (χ1v) is 14.7. The summed E-state index contributed by atoms with van der Waals surface area (Å²) in [4.78, 5) is 30.2. The zero-order valence-corrected chi connectivity index (χ0v) is 24.2. The number of amides is 2. The molecule has 7 atom stereocenters. The Balaban J connectivity index is 1.28. The number of carbonyl (C=O) groups is 2. The van der Waals surface area contributed by atoms with Crippen LogP contribution in [-0.2, 0) is 16.0 Å². The number of anilines is 2. The Bertz CT molecular complexity index is 1340. The van der Waals surface area contributed by atoms with E-state index in [0.717, 1.165) is 59.6 Å². The van der Waals surface area contributed by atoms with Crippen molar-refractivity contribution in [3.63, 3.8) is 0 Å². The van der Waals surface area contributed by atoms with Crippen LogP contribution in [0.3, 0.4) is 0 Å². The number of hydrogen-bond acceptors (Lipinski definition) is 2. The van der Waals surface area contributed by atoms with Crippen LogP contribution in [0.1, 0.15) is 51.2 Å². The molecule has 2 heterocycles. The van der Waals surface area contributed by atoms with Gasteiger partial charge in [0.2, 0.25) is 11.8 Å². The van der Waals surface area contributed by atoms with Gasteiger partial charge in [-0.2, -0.15) is 0 Å². The quantitative estimate of drug-likeness (QED) is 0.307. The van der Waals surface area contributed by atoms with E-state index >= 15 is 0 Å². The average molecular weight is 535 g/mol. The van der Waals surface area contributed by atoms with Gasteiger partial charge in [0.1, 0.15) is 0 Å². The van der Waals surface area contributed by atoms with E-state index in [9.17, 15) is 9.59 Å². The van der Waals surface area contributed by atoms with Gasteiger partial charge in [0.25, 0.3) is 0 Å². The van der Waals surface area contributed by atoms with E-state index in [-0.39, 0.29) is 41.4 Å². The number of fused-ring (bicyclic) bond motifs is 1. The summed E-state index contributed by atoms with van der Waals surface area (Å²) in [5, 5.41) is 0. The van der Waals surface area contributed by atoms with E-state index < -0.39 is 0 Å². The van der Waals surface area contributed by atoms with Crippen molar-refractivity contribution in [1.82, 2.24) is 0 Å². The predicted octanol–water partition coefficient (Wildman–Crippen LogP) is 7.93. The molecular formula is C36H42N2O2. The smallest absolute Gasteiger partial charge is 0.235 e. The normalized spacial score (nSPS) is 28.8. The second kappa shape index (κ2) is 11.1. The summed E-state index contributed by atoms with van der Waals surface area (Å²) in [7, 11) is 0. The topological polar surface area (TPSA) is 40.6 Å². The maximum Gasteiger partial charge on any atom is 0.235 e. The zero-order valence-electron chi connectivity index (χ0n) is 24.2. The van der Waals surface area contributed by atoms with Crippen LogP contribution in [0.25, 0.3) is 0 Å². The van der Waals surface area contributed by atoms with Crippen molar-refractivity contribution in [2.24, 2.45) is 41.4 Å². The summed E-state index contributed by atoms with van der Waals surface area (Å²) in [6, 6.07) is 16.5. The number of rotatable bonds is 9. The second-order valence-corrected chi connectivity index (χ2v) is 12.0. The second-order valence-electron chi connectivity index (χ2n) is 12.0. The number of allylic oxidation sites excluding steroid dienone is 4. The standard InChI is InChI=1S/C36H42N2O2/c1-8-11-28(9-2)33-23(5)35(39)37(24(33)6)30-16-12-26(13-17-30)21-27-14-18-31(19-15-27)38-25(7)34-29(10-3)20-22(4)32(34)36(38)40/h9-10,12-19,22-23,28-29,32-34H,2-3,6-8,11,20-21H2,1,4-5H3. The SMILES string of the molecule is C=CC(CCC)C1C(=C)N(c2ccc(Cc3ccc(N4C(=C)C5C(C=C)CC(C)C5C4=O)cc3)cc2)C(=O)C1C. The first-order valence-electron chi connectivity index (χ1n) is 14.7. The fraction of sp³-hybridized carbons (Fsp3) is 0.389. The molecule has 1 saturated carbocycles. The van der Waals surface area contributed by atoms with Crippen LogP contribution in [-0.4, -0.2) is 11.8 Å². The molecule has 5 rings (SSSR count). The fourth-order valence-electron chi connectivity index (χ4n) is 7.56. The third-order valence-electron chi connectivity index (χ3n) is 9.59. The maximum atomic E-state index is 13.4. The Kier molecular flexibility index (Phi) is 7.72. The molecule has 4 heteroatoms. The number of carbonyl (C=O) groups excluding carboxylic acids is 2. The van der Waals surface area contributed by atoms with Crippen LogP contribution in [0.15, 0.2) is 98.4 Å². The molecule has 0 N–H and O–H groups in total. The molecule has 2 amide bonds. The molecule has 2 saturated heterocycles. The molecule has 208 valence electrons. The van der Waals surface area contributed by atoms with Crippen LogP contribution < -0.4 is 9.80 Å². The van der Waals surface area contributed by atoms with Crippen molar-refractivity contribution >= 4 is 23.2 Å². The molecular weight excluding hydrogens is 492 g/mol. The molecule has 2 aromatic carbocycles. The van der Waals surface area contributed by atoms with Gasteiger partial charge in [-0.25, -0.2) is 0 Å². The molecule has 40 heavy (non-hydrogen) atoms. The summed E-state index contributed by atoms with van der Waals surface area (Å²) in [5.41, 5.74) is 5.84. The lowest BCUT2D eigenvalue weighted by Gasteiger charge is -2.24. The number of nitrogens with zero attached hydrogens (tertiary/aromatic N) is 2. The van der Waals surface area contributed by atoms with E-state index in [0.29, 0.717) is 11.8 Å². The van der Waals surface area contributed by atoms with Gasteiger partial charge in [0, 0.05) is 40.5 Å². The third kappa shape index (κ3) is 4.58. The third-order valence-corrected chi connectivity index (χ3v) is 9.59. The van der Waals surface area contributed by atoms with E-state index in [1.54, 1.807) is 4.90 Å². The van der Waals surface area contributed by atoms with Crippen LogP contribution in [0.4, 0.5) is 11.4 Å². The Morgan fingerprint density at radius 3 is 1.90 bits per heavy atom. The minimum Gasteiger partial charge on any atom is -0.285 e. The van der Waals surface area contributed by atoms with Crippen molar-refractivity contribution in [2.75, 3.05) is 9.80 Å². The lowest BCUT2D eigenvalue weighted by molar-refractivity contribution is -0.122. The van der Waals surface area contributed by atoms with Crippen molar-refractivity contribution in [3.05, 3.63) is 110 Å². The van der Waals surface area contributed by atoms with E-state index in [2.05, 4.69) is 64.4 Å². The summed E-state index contributed by atoms with van der Waals surface area (Å²) in [5.74, 6) is 1.32. The molecule has 2 aromatic rings. The highest BCUT2D eigenvalue weighted by molar-refractivity contribution is 6.02. The fourth-order valence-corrected chi connectivity index (χ4v) is 7.56. The molecule has 3 aliphatic rings. The van der Waals surface area contributed by atoms with Gasteiger partial charge in [0.15, 0.2) is 0 Å². The summed E-state index contributed by atoms with van der Waals surface area (Å²) < 4.78 is 0. The minimum absolute atomic E-state index is 0.000158. The summed E-state index contributed by atoms with van der Waals surface area (Å²) in [6.45, 7) is 23.0. The van der Waals surface area contributed by atoms with Gasteiger partial charge in [-0.1, -0.05) is 76.8 Å². The molecule has 3 fully saturated rings. The first kappa shape index (κ1) is 27.9. The highest BCUT2D eigenvalue weighted by Crippen LogP contribution is 2.52. The average Bonchev–Trinajstić information content (AvgIpc) is 3.51. The summed E-state index contributed by atoms with van der Waals surface area (Å²) >= 11 is 0. The van der Waals surface area contributed by atoms with Gasteiger partial charge in [0.05, 0.1) is 5.92 Å². The Labute approximate surface area is 239 Å². The van der Waals surface area contributed by atoms with Crippen molar-refractivity contribution in [3.8, 4) is 0 Å². The van der Waals surface area contributed by atoms with Gasteiger partial charge in [-0.15, -0.1) is 13.2 Å². The Morgan fingerprint density at radius 1 is 0.850 bits per heavy atom. The van der Waals surface area contributed by atoms with E-state index in [4.69, 9.17) is 0 Å².